The summed E-state index contributed by atoms with van der Waals surface area (Å²) in [5, 5.41) is 0. The van der Waals surface area contributed by atoms with E-state index in [2.05, 4.69) is 4.99 Å². The molecule has 7 heavy (non-hydrogen) atoms. The van der Waals surface area contributed by atoms with Crippen LogP contribution < -0.4 is 0 Å². The van der Waals surface area contributed by atoms with Crippen LogP contribution in [0.1, 0.15) is 6.92 Å². The predicted octanol–water partition coefficient (Wildman–Crippen LogP) is 0.724. The van der Waals surface area contributed by atoms with E-state index in [1.807, 2.05) is 6.92 Å². The van der Waals surface area contributed by atoms with Gasteiger partial charge in [-0.25, -0.2) is 0 Å². The first-order valence-electron chi connectivity index (χ1n) is 2.40. The molecule has 0 aliphatic rings. The van der Waals surface area contributed by atoms with Gasteiger partial charge < -0.3 is 4.74 Å². The zero-order valence-corrected chi connectivity index (χ0v) is 4.85. The molecule has 0 spiro atoms. The van der Waals surface area contributed by atoms with Crippen molar-refractivity contribution in [3.8, 4) is 0 Å². The van der Waals surface area contributed by atoms with Gasteiger partial charge in [0.2, 0.25) is 0 Å². The fourth-order valence-corrected chi connectivity index (χ4v) is 0.245. The Kier molecular flexibility index (Phi) is 5.33. The fraction of sp³-hybridized carbons (Fsp3) is 0.800. The van der Waals surface area contributed by atoms with Crippen LogP contribution in [0.4, 0.5) is 0 Å². The molecule has 0 aliphatic carbocycles. The van der Waals surface area contributed by atoms with E-state index in [-0.39, 0.29) is 0 Å². The molecule has 0 atom stereocenters. The maximum Gasteiger partial charge on any atom is 0.0814 e. The van der Waals surface area contributed by atoms with Crippen molar-refractivity contribution in [2.45, 2.75) is 6.92 Å². The second kappa shape index (κ2) is 5.63. The first kappa shape index (κ1) is 6.63. The molecule has 0 saturated carbocycles. The summed E-state index contributed by atoms with van der Waals surface area (Å²) in [6.45, 7) is 3.38. The normalized spacial score (nSPS) is 10.6. The summed E-state index contributed by atoms with van der Waals surface area (Å²) >= 11 is 0. The number of ether oxygens (including phenoxy) is 1. The molecule has 0 amide bonds. The molecule has 42 valence electrons. The van der Waals surface area contributed by atoms with Crippen LogP contribution in [-0.4, -0.2) is 26.5 Å². The smallest absolute Gasteiger partial charge is 0.0814 e. The Morgan fingerprint density at radius 2 is 2.43 bits per heavy atom. The van der Waals surface area contributed by atoms with E-state index in [0.29, 0.717) is 6.61 Å². The largest absolute Gasteiger partial charge is 0.376 e. The summed E-state index contributed by atoms with van der Waals surface area (Å²) in [5.41, 5.74) is 0. The average molecular weight is 101 g/mol. The van der Waals surface area contributed by atoms with E-state index in [4.69, 9.17) is 4.74 Å². The first-order chi connectivity index (χ1) is 3.41. The summed E-state index contributed by atoms with van der Waals surface area (Å²) in [7, 11) is 1.74. The van der Waals surface area contributed by atoms with Crippen LogP contribution in [0.3, 0.4) is 0 Å². The molecule has 0 heterocycles. The lowest BCUT2D eigenvalue weighted by Gasteiger charge is -1.88. The van der Waals surface area contributed by atoms with Crippen LogP contribution >= 0.6 is 0 Å². The molecule has 0 saturated heterocycles. The summed E-state index contributed by atoms with van der Waals surface area (Å²) in [6.07, 6.45) is 1.74. The van der Waals surface area contributed by atoms with Gasteiger partial charge in [0, 0.05) is 19.9 Å². The minimum atomic E-state index is 0.646. The Labute approximate surface area is 44.2 Å². The average Bonchev–Trinajstić information content (AvgIpc) is 1.69. The van der Waals surface area contributed by atoms with Crippen molar-refractivity contribution in [3.05, 3.63) is 0 Å². The predicted molar refractivity (Wildman–Crippen MR) is 30.9 cm³/mol. The molecule has 0 rings (SSSR count). The summed E-state index contributed by atoms with van der Waals surface area (Å²) in [4.78, 5) is 3.72. The maximum atomic E-state index is 4.92. The van der Waals surface area contributed by atoms with E-state index in [1.165, 1.54) is 0 Å². The second-order valence-electron chi connectivity index (χ2n) is 1.10. The van der Waals surface area contributed by atoms with Crippen molar-refractivity contribution in [2.24, 2.45) is 4.99 Å². The lowest BCUT2D eigenvalue weighted by Crippen LogP contribution is -1.92. The molecule has 0 aromatic carbocycles. The highest BCUT2D eigenvalue weighted by Crippen LogP contribution is 1.65. The van der Waals surface area contributed by atoms with Gasteiger partial charge in [-0.15, -0.1) is 0 Å². The highest BCUT2D eigenvalue weighted by Gasteiger charge is 1.71. The Balaban J connectivity index is 2.69. The molecule has 0 aromatic heterocycles. The minimum absolute atomic E-state index is 0.646. The van der Waals surface area contributed by atoms with Gasteiger partial charge in [0.1, 0.15) is 0 Å². The molecule has 2 nitrogen and oxygen atoms in total. The first-order valence-corrected chi connectivity index (χ1v) is 2.40. The van der Waals surface area contributed by atoms with Gasteiger partial charge in [-0.3, -0.25) is 4.99 Å². The van der Waals surface area contributed by atoms with Crippen LogP contribution in [0.15, 0.2) is 4.99 Å². The summed E-state index contributed by atoms with van der Waals surface area (Å²) in [6, 6.07) is 0. The van der Waals surface area contributed by atoms with Gasteiger partial charge in [0.25, 0.3) is 0 Å². The molecule has 2 heteroatoms. The molecule has 0 aromatic rings. The number of hydrogen-bond acceptors (Lipinski definition) is 2. The standard InChI is InChI=1S/C5H11NO/c1-3-7-5-4-6-2/h4H,3,5H2,1-2H3/b6-4+. The third kappa shape index (κ3) is 5.63. The Morgan fingerprint density at radius 1 is 1.71 bits per heavy atom. The molecule has 0 bridgehead atoms. The highest BCUT2D eigenvalue weighted by atomic mass is 16.5. The molecule has 0 N–H and O–H groups in total. The van der Waals surface area contributed by atoms with Crippen LogP contribution in [0.2, 0.25) is 0 Å². The SMILES string of the molecule is CCOC/C=N/C. The van der Waals surface area contributed by atoms with Crippen molar-refractivity contribution in [2.75, 3.05) is 20.3 Å². The zero-order chi connectivity index (χ0) is 5.54. The topological polar surface area (TPSA) is 21.6 Å². The Bertz CT molecular complexity index is 52.0. The van der Waals surface area contributed by atoms with Gasteiger partial charge in [-0.2, -0.15) is 0 Å². The third-order valence-corrected chi connectivity index (χ3v) is 0.579. The van der Waals surface area contributed by atoms with Gasteiger partial charge >= 0.3 is 0 Å². The van der Waals surface area contributed by atoms with Gasteiger partial charge in [0.05, 0.1) is 6.61 Å². The van der Waals surface area contributed by atoms with E-state index < -0.39 is 0 Å². The third-order valence-electron chi connectivity index (χ3n) is 0.579. The number of hydrogen-bond donors (Lipinski definition) is 0. The quantitative estimate of drug-likeness (QED) is 0.379. The van der Waals surface area contributed by atoms with Crippen molar-refractivity contribution < 1.29 is 4.74 Å². The molecular formula is C5H11NO. The van der Waals surface area contributed by atoms with Crippen molar-refractivity contribution in [3.63, 3.8) is 0 Å². The van der Waals surface area contributed by atoms with E-state index in [0.717, 1.165) is 6.61 Å². The fourth-order valence-electron chi connectivity index (χ4n) is 0.245. The van der Waals surface area contributed by atoms with E-state index in [9.17, 15) is 0 Å². The molecule has 0 aliphatic heterocycles. The van der Waals surface area contributed by atoms with Gasteiger partial charge in [-0.1, -0.05) is 0 Å². The monoisotopic (exact) mass is 101 g/mol. The molecule has 0 unspecified atom stereocenters. The highest BCUT2D eigenvalue weighted by molar-refractivity contribution is 5.57. The van der Waals surface area contributed by atoms with Crippen LogP contribution in [-0.2, 0) is 4.74 Å². The lowest BCUT2D eigenvalue weighted by molar-refractivity contribution is 0.190. The Morgan fingerprint density at radius 3 is 2.86 bits per heavy atom. The van der Waals surface area contributed by atoms with Crippen molar-refractivity contribution in [1.82, 2.24) is 0 Å². The minimum Gasteiger partial charge on any atom is -0.376 e. The van der Waals surface area contributed by atoms with Crippen LogP contribution in [0.5, 0.6) is 0 Å². The summed E-state index contributed by atoms with van der Waals surface area (Å²) < 4.78 is 4.92. The zero-order valence-electron chi connectivity index (χ0n) is 4.85. The number of nitrogens with zero attached hydrogens (tertiary/aromatic N) is 1. The van der Waals surface area contributed by atoms with E-state index in [1.54, 1.807) is 13.3 Å². The second-order valence-corrected chi connectivity index (χ2v) is 1.10. The van der Waals surface area contributed by atoms with Gasteiger partial charge in [0.15, 0.2) is 0 Å². The molecule has 0 radical (unpaired) electrons. The van der Waals surface area contributed by atoms with Crippen molar-refractivity contribution >= 4 is 6.21 Å². The molecule has 0 fully saturated rings. The number of rotatable bonds is 3. The van der Waals surface area contributed by atoms with Crippen LogP contribution in [0, 0.1) is 0 Å². The van der Waals surface area contributed by atoms with Crippen molar-refractivity contribution in [1.29, 1.82) is 0 Å². The lowest BCUT2D eigenvalue weighted by atomic mass is 10.7. The maximum absolute atomic E-state index is 4.92. The molecular weight excluding hydrogens is 90.1 g/mol. The van der Waals surface area contributed by atoms with E-state index >= 15 is 0 Å². The summed E-state index contributed by atoms with van der Waals surface area (Å²) in [5.74, 6) is 0. The Hall–Kier alpha value is -0.370. The van der Waals surface area contributed by atoms with Gasteiger partial charge in [-0.05, 0) is 6.92 Å². The van der Waals surface area contributed by atoms with Crippen LogP contribution in [0.25, 0.3) is 0 Å². The number of aliphatic imine (C=N–C) groups is 1.